The van der Waals surface area contributed by atoms with Crippen LogP contribution in [0.4, 0.5) is 0 Å². The first-order valence-corrected chi connectivity index (χ1v) is 11.8. The van der Waals surface area contributed by atoms with E-state index in [1.807, 2.05) is 0 Å². The van der Waals surface area contributed by atoms with Crippen LogP contribution in [0.5, 0.6) is 0 Å². The zero-order valence-corrected chi connectivity index (χ0v) is 11.4. The molecule has 0 amide bonds. The molecule has 2 aliphatic carbocycles. The van der Waals surface area contributed by atoms with Crippen molar-refractivity contribution in [1.82, 2.24) is 0 Å². The zero-order chi connectivity index (χ0) is 10.3. The molecular formula is C11H20OSi2. The van der Waals surface area contributed by atoms with Gasteiger partial charge in [0, 0.05) is 0 Å². The lowest BCUT2D eigenvalue weighted by Crippen LogP contribution is -2.37. The molecule has 2 bridgehead atoms. The van der Waals surface area contributed by atoms with E-state index >= 15 is 0 Å². The molecule has 0 N–H and O–H groups in total. The van der Waals surface area contributed by atoms with Crippen LogP contribution in [0.15, 0.2) is 12.2 Å². The highest BCUT2D eigenvalue weighted by Gasteiger charge is 2.39. The first-order chi connectivity index (χ1) is 6.47. The van der Waals surface area contributed by atoms with Crippen molar-refractivity contribution in [2.75, 3.05) is 0 Å². The third-order valence-corrected chi connectivity index (χ3v) is 11.9. The van der Waals surface area contributed by atoms with Gasteiger partial charge in [0.15, 0.2) is 0 Å². The molecule has 0 spiro atoms. The smallest absolute Gasteiger partial charge is 0.256 e. The molecule has 0 aromatic rings. The second-order valence-electron chi connectivity index (χ2n) is 5.92. The second kappa shape index (κ2) is 3.52. The summed E-state index contributed by atoms with van der Waals surface area (Å²) in [4.78, 5) is 0. The molecule has 2 rings (SSSR count). The average Bonchev–Trinajstić information content (AvgIpc) is 2.62. The number of hydrogen-bond donors (Lipinski definition) is 0. The van der Waals surface area contributed by atoms with Gasteiger partial charge in [-0.3, -0.25) is 0 Å². The zero-order valence-electron chi connectivity index (χ0n) is 9.42. The Kier molecular flexibility index (Phi) is 2.64. The molecule has 1 nitrogen and oxygen atoms in total. The van der Waals surface area contributed by atoms with Crippen molar-refractivity contribution < 1.29 is 4.46 Å². The topological polar surface area (TPSA) is 17.1 Å². The van der Waals surface area contributed by atoms with Crippen molar-refractivity contribution in [2.45, 2.75) is 38.5 Å². The van der Waals surface area contributed by atoms with Gasteiger partial charge in [0.1, 0.15) is 7.59 Å². The summed E-state index contributed by atoms with van der Waals surface area (Å²) in [6, 6.07) is 1.05. The molecule has 0 aliphatic heterocycles. The van der Waals surface area contributed by atoms with Gasteiger partial charge in [-0.15, -0.1) is 0 Å². The molecule has 0 aromatic carbocycles. The Bertz CT molecular complexity index is 278. The van der Waals surface area contributed by atoms with Crippen LogP contribution in [0.1, 0.15) is 12.8 Å². The lowest BCUT2D eigenvalue weighted by molar-refractivity contribution is 0.474. The Morgan fingerprint density at radius 1 is 1.29 bits per heavy atom. The third-order valence-electron chi connectivity index (χ3n) is 3.70. The first-order valence-electron chi connectivity index (χ1n) is 5.68. The number of rotatable bonds is 3. The van der Waals surface area contributed by atoms with E-state index in [1.165, 1.54) is 12.8 Å². The fourth-order valence-electron chi connectivity index (χ4n) is 2.67. The van der Waals surface area contributed by atoms with E-state index in [2.05, 4.69) is 31.8 Å². The van der Waals surface area contributed by atoms with Crippen LogP contribution < -0.4 is 0 Å². The highest BCUT2D eigenvalue weighted by molar-refractivity contribution is 7.25. The van der Waals surface area contributed by atoms with E-state index in [-0.39, 0.29) is 0 Å². The normalized spacial score (nSPS) is 35.2. The number of fused-ring (bicyclic) bond motifs is 2. The average molecular weight is 224 g/mol. The van der Waals surface area contributed by atoms with Crippen LogP contribution in [0.3, 0.4) is 0 Å². The summed E-state index contributed by atoms with van der Waals surface area (Å²) in [5.41, 5.74) is 0. The molecule has 0 saturated heterocycles. The third kappa shape index (κ3) is 1.98. The van der Waals surface area contributed by atoms with Gasteiger partial charge < -0.3 is 4.46 Å². The summed E-state index contributed by atoms with van der Waals surface area (Å²) < 4.78 is 12.1. The summed E-state index contributed by atoms with van der Waals surface area (Å²) in [6.07, 6.45) is 7.42. The van der Waals surface area contributed by atoms with Crippen LogP contribution >= 0.6 is 0 Å². The molecular weight excluding hydrogens is 204 g/mol. The van der Waals surface area contributed by atoms with Crippen molar-refractivity contribution >= 4 is 15.8 Å². The van der Waals surface area contributed by atoms with E-state index in [0.717, 1.165) is 23.8 Å². The maximum Gasteiger partial charge on any atom is 0.256 e. The molecule has 1 fully saturated rings. The van der Waals surface area contributed by atoms with Crippen LogP contribution in [0.2, 0.25) is 25.7 Å². The molecule has 2 aliphatic rings. The summed E-state index contributed by atoms with van der Waals surface area (Å²) in [5, 5.41) is 0. The van der Waals surface area contributed by atoms with E-state index in [4.69, 9.17) is 0 Å². The Morgan fingerprint density at radius 2 is 2.00 bits per heavy atom. The molecule has 78 valence electrons. The number of allylic oxidation sites excluding steroid dienone is 2. The van der Waals surface area contributed by atoms with Gasteiger partial charge in [0.25, 0.3) is 8.20 Å². The van der Waals surface area contributed by atoms with Gasteiger partial charge >= 0.3 is 0 Å². The minimum absolute atomic E-state index is 0.767. The van der Waals surface area contributed by atoms with Crippen molar-refractivity contribution in [2.24, 2.45) is 17.8 Å². The van der Waals surface area contributed by atoms with Crippen LogP contribution in [0, 0.1) is 17.8 Å². The maximum atomic E-state index is 12.1. The lowest BCUT2D eigenvalue weighted by Gasteiger charge is -2.20. The van der Waals surface area contributed by atoms with Gasteiger partial charge in [-0.1, -0.05) is 31.8 Å². The van der Waals surface area contributed by atoms with E-state index in [9.17, 15) is 4.46 Å². The van der Waals surface area contributed by atoms with E-state index in [0.29, 0.717) is 0 Å². The van der Waals surface area contributed by atoms with Crippen LogP contribution in [-0.4, -0.2) is 15.8 Å². The quantitative estimate of drug-likeness (QED) is 0.532. The summed E-state index contributed by atoms with van der Waals surface area (Å²) in [6.45, 7) is 6.74. The van der Waals surface area contributed by atoms with Crippen LogP contribution in [0.25, 0.3) is 0 Å². The van der Waals surface area contributed by atoms with E-state index < -0.39 is 15.8 Å². The van der Waals surface area contributed by atoms with E-state index in [1.54, 1.807) is 0 Å². The highest BCUT2D eigenvalue weighted by atomic mass is 29.2. The van der Waals surface area contributed by atoms with Gasteiger partial charge in [-0.2, -0.15) is 0 Å². The fraction of sp³-hybridized carbons (Fsp3) is 0.818. The van der Waals surface area contributed by atoms with Gasteiger partial charge in [-0.25, -0.2) is 0 Å². The minimum Gasteiger partial charge on any atom is -0.393 e. The van der Waals surface area contributed by atoms with Crippen molar-refractivity contribution in [3.8, 4) is 0 Å². The van der Waals surface area contributed by atoms with Gasteiger partial charge in [-0.05, 0) is 36.6 Å². The SMILES string of the molecule is C[Si](C)(C)[Si](=O)CC1CC2C=CC1C2. The summed E-state index contributed by atoms with van der Waals surface area (Å²) >= 11 is 0. The standard InChI is InChI=1S/C11H20OSi2/c1-14(2,3)13(12)8-11-7-9-4-5-10(11)6-9/h4-5,9-11H,6-8H2,1-3H3. The Labute approximate surface area is 89.1 Å². The Hall–Kier alpha value is -0.0262. The van der Waals surface area contributed by atoms with Gasteiger partial charge in [0.2, 0.25) is 0 Å². The van der Waals surface area contributed by atoms with Crippen LogP contribution in [-0.2, 0) is 4.46 Å². The maximum absolute atomic E-state index is 12.1. The fourth-order valence-corrected chi connectivity index (χ4v) is 6.86. The predicted octanol–water partition coefficient (Wildman–Crippen LogP) is 3.04. The predicted molar refractivity (Wildman–Crippen MR) is 63.4 cm³/mol. The van der Waals surface area contributed by atoms with Crippen molar-refractivity contribution in [3.63, 3.8) is 0 Å². The second-order valence-corrected chi connectivity index (χ2v) is 17.8. The Balaban J connectivity index is 1.94. The molecule has 1 saturated carbocycles. The molecule has 3 atom stereocenters. The summed E-state index contributed by atoms with van der Waals surface area (Å²) in [5.74, 6) is 2.38. The molecule has 0 aromatic heterocycles. The van der Waals surface area contributed by atoms with Crippen molar-refractivity contribution in [3.05, 3.63) is 12.2 Å². The highest BCUT2D eigenvalue weighted by Crippen LogP contribution is 2.45. The Morgan fingerprint density at radius 3 is 2.43 bits per heavy atom. The van der Waals surface area contributed by atoms with Crippen molar-refractivity contribution in [1.29, 1.82) is 0 Å². The monoisotopic (exact) mass is 224 g/mol. The lowest BCUT2D eigenvalue weighted by atomic mass is 9.96. The largest absolute Gasteiger partial charge is 0.393 e. The minimum atomic E-state index is -1.33. The number of hydrogen-bond acceptors (Lipinski definition) is 1. The molecule has 3 heteroatoms. The molecule has 0 heterocycles. The first kappa shape index (κ1) is 10.5. The molecule has 0 radical (unpaired) electrons. The molecule has 14 heavy (non-hydrogen) atoms. The summed E-state index contributed by atoms with van der Waals surface area (Å²) in [7, 11) is -2.59. The van der Waals surface area contributed by atoms with Gasteiger partial charge in [0.05, 0.1) is 0 Å². The molecule has 3 unspecified atom stereocenters.